The Bertz CT molecular complexity index is 734. The van der Waals surface area contributed by atoms with Crippen molar-refractivity contribution in [3.05, 3.63) is 23.8 Å². The Morgan fingerprint density at radius 1 is 1.20 bits per heavy atom. The minimum Gasteiger partial charge on any atom is -0.466 e. The van der Waals surface area contributed by atoms with Gasteiger partial charge in [-0.25, -0.2) is 4.98 Å². The molecule has 0 saturated heterocycles. The van der Waals surface area contributed by atoms with Gasteiger partial charge in [0, 0.05) is 13.2 Å². The lowest BCUT2D eigenvalue weighted by molar-refractivity contribution is -0.154. The molecular formula is C22H38N2O5Si. The number of aromatic nitrogens is 2. The van der Waals surface area contributed by atoms with Gasteiger partial charge in [-0.3, -0.25) is 9.59 Å². The molecule has 0 saturated carbocycles. The van der Waals surface area contributed by atoms with Crippen LogP contribution in [0.4, 0.5) is 0 Å². The van der Waals surface area contributed by atoms with Crippen LogP contribution in [0.5, 0.6) is 0 Å². The Morgan fingerprint density at radius 2 is 1.83 bits per heavy atom. The summed E-state index contributed by atoms with van der Waals surface area (Å²) < 4.78 is 18.2. The molecule has 0 amide bonds. The van der Waals surface area contributed by atoms with Crippen LogP contribution in [0.15, 0.2) is 12.3 Å². The topological polar surface area (TPSA) is 79.7 Å². The van der Waals surface area contributed by atoms with E-state index in [0.717, 1.165) is 11.5 Å². The van der Waals surface area contributed by atoms with Gasteiger partial charge in [0.15, 0.2) is 8.32 Å². The molecule has 0 aromatic carbocycles. The molecule has 30 heavy (non-hydrogen) atoms. The number of esters is 2. The van der Waals surface area contributed by atoms with E-state index >= 15 is 0 Å². The first-order valence-corrected chi connectivity index (χ1v) is 13.5. The molecule has 0 aliphatic heterocycles. The summed E-state index contributed by atoms with van der Waals surface area (Å²) >= 11 is 0. The van der Waals surface area contributed by atoms with Gasteiger partial charge in [0.25, 0.3) is 0 Å². The molecule has 0 radical (unpaired) electrons. The van der Waals surface area contributed by atoms with E-state index in [-0.39, 0.29) is 24.7 Å². The van der Waals surface area contributed by atoms with Crippen LogP contribution in [0.3, 0.4) is 0 Å². The molecule has 1 rings (SSSR count). The molecule has 0 spiro atoms. The minimum atomic E-state index is -1.84. The van der Waals surface area contributed by atoms with Crippen molar-refractivity contribution < 1.29 is 23.5 Å². The molecule has 1 heterocycles. The average Bonchev–Trinajstić information content (AvgIpc) is 2.98. The highest BCUT2D eigenvalue weighted by molar-refractivity contribution is 6.74. The second kappa shape index (κ2) is 11.5. The van der Waals surface area contributed by atoms with Gasteiger partial charge in [0.2, 0.25) is 0 Å². The highest BCUT2D eigenvalue weighted by Gasteiger charge is 2.37. The Morgan fingerprint density at radius 3 is 2.40 bits per heavy atom. The number of rotatable bonds is 11. The molecule has 7 nitrogen and oxygen atoms in total. The van der Waals surface area contributed by atoms with Gasteiger partial charge < -0.3 is 18.5 Å². The number of hydrogen-bond donors (Lipinski definition) is 0. The second-order valence-corrected chi connectivity index (χ2v) is 13.7. The molecule has 0 fully saturated rings. The Hall–Kier alpha value is -1.93. The maximum atomic E-state index is 12.2. The number of carbonyl (C=O) groups excluding carboxylic acids is 2. The van der Waals surface area contributed by atoms with E-state index in [4.69, 9.17) is 13.9 Å². The Labute approximate surface area is 181 Å². The van der Waals surface area contributed by atoms with Crippen LogP contribution in [-0.4, -0.2) is 43.0 Å². The molecule has 0 aliphatic rings. The summed E-state index contributed by atoms with van der Waals surface area (Å²) in [7, 11) is 0.0788. The monoisotopic (exact) mass is 438 g/mol. The molecule has 0 N–H and O–H groups in total. The summed E-state index contributed by atoms with van der Waals surface area (Å²) in [4.78, 5) is 28.6. The fourth-order valence-electron chi connectivity index (χ4n) is 2.52. The Balaban J connectivity index is 2.78. The van der Waals surface area contributed by atoms with Crippen molar-refractivity contribution >= 4 is 26.3 Å². The molecule has 1 atom stereocenters. The minimum absolute atomic E-state index is 0.00316. The summed E-state index contributed by atoms with van der Waals surface area (Å²) in [6.45, 7) is 15.6. The van der Waals surface area contributed by atoms with Gasteiger partial charge >= 0.3 is 11.9 Å². The van der Waals surface area contributed by atoms with Crippen LogP contribution in [0.2, 0.25) is 18.1 Å². The van der Waals surface area contributed by atoms with Crippen LogP contribution in [-0.2, 0) is 37.1 Å². The van der Waals surface area contributed by atoms with Gasteiger partial charge in [-0.2, -0.15) is 0 Å². The maximum Gasteiger partial charge on any atom is 0.309 e. The normalized spacial score (nSPS) is 13.5. The third-order valence-corrected chi connectivity index (χ3v) is 9.85. The van der Waals surface area contributed by atoms with Crippen molar-refractivity contribution in [2.24, 2.45) is 13.0 Å². The fourth-order valence-corrected chi connectivity index (χ4v) is 3.46. The molecule has 1 aromatic heterocycles. The van der Waals surface area contributed by atoms with Crippen molar-refractivity contribution in [1.82, 2.24) is 9.55 Å². The number of carbonyl (C=O) groups is 2. The van der Waals surface area contributed by atoms with Crippen LogP contribution >= 0.6 is 0 Å². The number of imidazole rings is 1. The number of ether oxygens (including phenoxy) is 2. The second-order valence-electron chi connectivity index (χ2n) is 8.85. The van der Waals surface area contributed by atoms with E-state index in [0.29, 0.717) is 13.0 Å². The molecule has 8 heteroatoms. The van der Waals surface area contributed by atoms with E-state index in [2.05, 4.69) is 38.8 Å². The zero-order valence-electron chi connectivity index (χ0n) is 19.8. The first-order chi connectivity index (χ1) is 13.9. The van der Waals surface area contributed by atoms with Crippen LogP contribution in [0.25, 0.3) is 6.08 Å². The zero-order chi connectivity index (χ0) is 22.9. The van der Waals surface area contributed by atoms with Crippen molar-refractivity contribution in [2.75, 3.05) is 13.2 Å². The van der Waals surface area contributed by atoms with Gasteiger partial charge in [0.05, 0.1) is 37.9 Å². The average molecular weight is 439 g/mol. The SMILES string of the molecule is CCOC(=O)C[C@@H](C/C=C/c1nc(CO[Si](C)(C)C(C)(C)C)cn1C)C(=O)OCC. The highest BCUT2D eigenvalue weighted by Crippen LogP contribution is 2.37. The molecular weight excluding hydrogens is 400 g/mol. The molecule has 0 unspecified atom stereocenters. The highest BCUT2D eigenvalue weighted by atomic mass is 28.4. The van der Waals surface area contributed by atoms with Gasteiger partial charge in [0.1, 0.15) is 5.82 Å². The molecule has 0 aliphatic carbocycles. The summed E-state index contributed by atoms with van der Waals surface area (Å²) in [5.41, 5.74) is 0.871. The fraction of sp³-hybridized carbons (Fsp3) is 0.682. The molecule has 170 valence electrons. The zero-order valence-corrected chi connectivity index (χ0v) is 20.8. The van der Waals surface area contributed by atoms with Gasteiger partial charge in [-0.05, 0) is 44.5 Å². The maximum absolute atomic E-state index is 12.2. The smallest absolute Gasteiger partial charge is 0.309 e. The van der Waals surface area contributed by atoms with E-state index < -0.39 is 26.2 Å². The third kappa shape index (κ3) is 8.06. The summed E-state index contributed by atoms with van der Waals surface area (Å²) in [5.74, 6) is -0.589. The number of allylic oxidation sites excluding steroid dienone is 1. The van der Waals surface area contributed by atoms with Crippen LogP contribution < -0.4 is 0 Å². The first-order valence-electron chi connectivity index (χ1n) is 10.6. The van der Waals surface area contributed by atoms with Crippen molar-refractivity contribution in [1.29, 1.82) is 0 Å². The number of aryl methyl sites for hydroxylation is 1. The van der Waals surface area contributed by atoms with Crippen molar-refractivity contribution in [3.8, 4) is 0 Å². The van der Waals surface area contributed by atoms with E-state index in [1.165, 1.54) is 0 Å². The molecule has 0 bridgehead atoms. The lowest BCUT2D eigenvalue weighted by Gasteiger charge is -2.35. The molecule has 1 aromatic rings. The summed E-state index contributed by atoms with van der Waals surface area (Å²) in [6, 6.07) is 0. The quantitative estimate of drug-likeness (QED) is 0.374. The lowest BCUT2D eigenvalue weighted by atomic mass is 10.0. The lowest BCUT2D eigenvalue weighted by Crippen LogP contribution is -2.40. The van der Waals surface area contributed by atoms with Gasteiger partial charge in [-0.15, -0.1) is 0 Å². The van der Waals surface area contributed by atoms with E-state index in [1.807, 2.05) is 30.0 Å². The van der Waals surface area contributed by atoms with Gasteiger partial charge in [-0.1, -0.05) is 26.8 Å². The van der Waals surface area contributed by atoms with E-state index in [1.54, 1.807) is 13.8 Å². The largest absolute Gasteiger partial charge is 0.466 e. The summed E-state index contributed by atoms with van der Waals surface area (Å²) in [5, 5.41) is 0.144. The van der Waals surface area contributed by atoms with Crippen LogP contribution in [0, 0.1) is 5.92 Å². The van der Waals surface area contributed by atoms with Crippen LogP contribution in [0.1, 0.15) is 59.0 Å². The predicted molar refractivity (Wildman–Crippen MR) is 120 cm³/mol. The van der Waals surface area contributed by atoms with E-state index in [9.17, 15) is 9.59 Å². The summed E-state index contributed by atoms with van der Waals surface area (Å²) in [6.07, 6.45) is 6.03. The predicted octanol–water partition coefficient (Wildman–Crippen LogP) is 4.48. The third-order valence-electron chi connectivity index (χ3n) is 5.38. The standard InChI is InChI=1S/C22H38N2O5Si/c1-9-27-20(25)14-17(21(26)28-10-2)12-11-13-19-23-18(15-24(19)6)16-29-30(7,8)22(3,4)5/h11,13,15,17H,9-10,12,14,16H2,1-8H3/b13-11+/t17-/m1/s1. The number of nitrogens with zero attached hydrogens (tertiary/aromatic N) is 2. The number of hydrogen-bond acceptors (Lipinski definition) is 6. The van der Waals surface area contributed by atoms with Crippen molar-refractivity contribution in [2.45, 2.75) is 72.2 Å². The Kier molecular flexibility index (Phi) is 9.97. The van der Waals surface area contributed by atoms with Crippen molar-refractivity contribution in [3.63, 3.8) is 0 Å². The first kappa shape index (κ1) is 26.1.